The molecule has 0 bridgehead atoms. The van der Waals surface area contributed by atoms with Gasteiger partial charge in [0.1, 0.15) is 0 Å². The highest BCUT2D eigenvalue weighted by molar-refractivity contribution is 6.42. The van der Waals surface area contributed by atoms with Crippen LogP contribution in [0.25, 0.3) is 0 Å². The third kappa shape index (κ3) is 5.68. The lowest BCUT2D eigenvalue weighted by Crippen LogP contribution is -2.58. The van der Waals surface area contributed by atoms with Crippen LogP contribution >= 0.6 is 23.2 Å². The molecule has 2 aliphatic rings. The minimum absolute atomic E-state index is 0.0353. The third-order valence-corrected chi connectivity index (χ3v) is 7.34. The van der Waals surface area contributed by atoms with Crippen molar-refractivity contribution in [1.82, 2.24) is 15.1 Å². The maximum absolute atomic E-state index is 13.1. The van der Waals surface area contributed by atoms with Crippen molar-refractivity contribution < 1.29 is 9.59 Å². The van der Waals surface area contributed by atoms with Crippen molar-refractivity contribution in [2.24, 2.45) is 11.8 Å². The van der Waals surface area contributed by atoms with E-state index in [-0.39, 0.29) is 17.9 Å². The number of amides is 2. The molecule has 1 N–H and O–H groups in total. The number of carbonyl (C=O) groups is 2. The highest BCUT2D eigenvalue weighted by Crippen LogP contribution is 2.31. The molecular formula is C23H33Cl2N3O2. The lowest BCUT2D eigenvalue weighted by atomic mass is 9.94. The molecule has 2 atom stereocenters. The predicted molar refractivity (Wildman–Crippen MR) is 122 cm³/mol. The van der Waals surface area contributed by atoms with Crippen LogP contribution in [0.4, 0.5) is 0 Å². The molecule has 2 fully saturated rings. The summed E-state index contributed by atoms with van der Waals surface area (Å²) >= 11 is 12.0. The molecule has 0 spiro atoms. The largest absolute Gasteiger partial charge is 0.354 e. The number of nitrogens with one attached hydrogen (secondary N) is 1. The highest BCUT2D eigenvalue weighted by atomic mass is 35.5. The van der Waals surface area contributed by atoms with Crippen molar-refractivity contribution in [1.29, 1.82) is 0 Å². The topological polar surface area (TPSA) is 52.7 Å². The molecule has 2 amide bonds. The van der Waals surface area contributed by atoms with Crippen LogP contribution in [0.3, 0.4) is 0 Å². The first-order valence-electron chi connectivity index (χ1n) is 11.2. The highest BCUT2D eigenvalue weighted by Gasteiger charge is 2.37. The molecule has 1 saturated carbocycles. The van der Waals surface area contributed by atoms with Crippen molar-refractivity contribution in [2.75, 3.05) is 32.7 Å². The van der Waals surface area contributed by atoms with Gasteiger partial charge in [0.05, 0.1) is 16.1 Å². The van der Waals surface area contributed by atoms with E-state index < -0.39 is 0 Å². The maximum atomic E-state index is 13.1. The van der Waals surface area contributed by atoms with Gasteiger partial charge in [0.25, 0.3) is 5.91 Å². The van der Waals surface area contributed by atoms with Crippen LogP contribution in [-0.2, 0) is 4.79 Å². The van der Waals surface area contributed by atoms with E-state index in [1.165, 1.54) is 12.8 Å². The van der Waals surface area contributed by atoms with Gasteiger partial charge in [-0.15, -0.1) is 0 Å². The number of rotatable bonds is 7. The average Bonchev–Trinajstić information content (AvgIpc) is 3.28. The fourth-order valence-electron chi connectivity index (χ4n) is 4.49. The summed E-state index contributed by atoms with van der Waals surface area (Å²) in [6.07, 6.45) is 5.70. The van der Waals surface area contributed by atoms with Crippen molar-refractivity contribution >= 4 is 35.0 Å². The average molecular weight is 454 g/mol. The molecule has 1 aromatic rings. The smallest absolute Gasteiger partial charge is 0.253 e. The molecule has 1 heterocycles. The van der Waals surface area contributed by atoms with Gasteiger partial charge in [0, 0.05) is 38.3 Å². The summed E-state index contributed by atoms with van der Waals surface area (Å²) in [5.74, 6) is 1.02. The van der Waals surface area contributed by atoms with E-state index in [4.69, 9.17) is 23.2 Å². The van der Waals surface area contributed by atoms with E-state index in [2.05, 4.69) is 24.1 Å². The van der Waals surface area contributed by atoms with Gasteiger partial charge in [-0.2, -0.15) is 0 Å². The molecule has 5 nitrogen and oxygen atoms in total. The minimum Gasteiger partial charge on any atom is -0.354 e. The van der Waals surface area contributed by atoms with Crippen molar-refractivity contribution in [3.05, 3.63) is 33.8 Å². The van der Waals surface area contributed by atoms with Crippen LogP contribution < -0.4 is 5.32 Å². The zero-order valence-electron chi connectivity index (χ0n) is 18.0. The zero-order valence-corrected chi connectivity index (χ0v) is 19.5. The van der Waals surface area contributed by atoms with Gasteiger partial charge in [0.15, 0.2) is 0 Å². The Balaban J connectivity index is 1.62. The van der Waals surface area contributed by atoms with E-state index in [1.54, 1.807) is 18.2 Å². The van der Waals surface area contributed by atoms with E-state index in [0.29, 0.717) is 53.6 Å². The van der Waals surface area contributed by atoms with Gasteiger partial charge >= 0.3 is 0 Å². The summed E-state index contributed by atoms with van der Waals surface area (Å²) in [5, 5.41) is 4.03. The van der Waals surface area contributed by atoms with E-state index >= 15 is 0 Å². The number of nitrogens with zero attached hydrogens (tertiary/aromatic N) is 2. The number of halogens is 2. The molecule has 3 rings (SSSR count). The van der Waals surface area contributed by atoms with Gasteiger partial charge in [-0.25, -0.2) is 0 Å². The third-order valence-electron chi connectivity index (χ3n) is 6.60. The summed E-state index contributed by atoms with van der Waals surface area (Å²) in [4.78, 5) is 30.1. The first-order chi connectivity index (χ1) is 14.4. The molecule has 1 aromatic carbocycles. The summed E-state index contributed by atoms with van der Waals surface area (Å²) in [7, 11) is 0. The van der Waals surface area contributed by atoms with E-state index in [9.17, 15) is 9.59 Å². The predicted octanol–water partition coefficient (Wildman–Crippen LogP) is 4.47. The monoisotopic (exact) mass is 453 g/mol. The Kier molecular flexibility index (Phi) is 8.44. The second-order valence-electron chi connectivity index (χ2n) is 8.71. The van der Waals surface area contributed by atoms with Crippen LogP contribution in [0, 0.1) is 11.8 Å². The Morgan fingerprint density at radius 2 is 1.77 bits per heavy atom. The second-order valence-corrected chi connectivity index (χ2v) is 9.52. The Bertz CT molecular complexity index is 744. The van der Waals surface area contributed by atoms with Crippen molar-refractivity contribution in [2.45, 2.75) is 52.0 Å². The fourth-order valence-corrected chi connectivity index (χ4v) is 4.79. The Morgan fingerprint density at radius 1 is 1.10 bits per heavy atom. The van der Waals surface area contributed by atoms with Gasteiger partial charge in [-0.05, 0) is 42.9 Å². The molecule has 30 heavy (non-hydrogen) atoms. The summed E-state index contributed by atoms with van der Waals surface area (Å²) in [6, 6.07) is 4.92. The minimum atomic E-state index is -0.0845. The van der Waals surface area contributed by atoms with Gasteiger partial charge in [-0.1, -0.05) is 56.3 Å². The number of hydrogen-bond acceptors (Lipinski definition) is 3. The summed E-state index contributed by atoms with van der Waals surface area (Å²) < 4.78 is 0. The first-order valence-corrected chi connectivity index (χ1v) is 11.9. The van der Waals surface area contributed by atoms with Crippen molar-refractivity contribution in [3.63, 3.8) is 0 Å². The molecule has 0 unspecified atom stereocenters. The van der Waals surface area contributed by atoms with Crippen LogP contribution in [0.1, 0.15) is 56.3 Å². The standard InChI is InChI=1S/C23H33Cl2N3O2/c1-3-16(2)15-26-22(29)21(17-6-4-5-7-17)27-10-12-28(13-11-27)23(30)18-8-9-19(24)20(25)14-18/h8-9,14,16-17,21H,3-7,10-13,15H2,1-2H3,(H,26,29)/t16-,21-/m1/s1. The Hall–Kier alpha value is -1.30. The van der Waals surface area contributed by atoms with Crippen LogP contribution in [0.5, 0.6) is 0 Å². The molecule has 1 saturated heterocycles. The zero-order chi connectivity index (χ0) is 21.7. The summed E-state index contributed by atoms with van der Waals surface area (Å²) in [6.45, 7) is 7.69. The van der Waals surface area contributed by atoms with E-state index in [1.807, 2.05) is 4.90 Å². The second kappa shape index (κ2) is 10.8. The molecule has 0 aromatic heterocycles. The Morgan fingerprint density at radius 3 is 2.37 bits per heavy atom. The Labute approximate surface area is 190 Å². The molecule has 1 aliphatic carbocycles. The molecule has 1 aliphatic heterocycles. The molecule has 7 heteroatoms. The number of carbonyl (C=O) groups excluding carboxylic acids is 2. The number of hydrogen-bond donors (Lipinski definition) is 1. The van der Waals surface area contributed by atoms with Crippen LogP contribution in [0.2, 0.25) is 10.0 Å². The normalized spacial score (nSPS) is 20.2. The van der Waals surface area contributed by atoms with Crippen LogP contribution in [-0.4, -0.2) is 60.4 Å². The quantitative estimate of drug-likeness (QED) is 0.662. The van der Waals surface area contributed by atoms with Gasteiger partial charge < -0.3 is 10.2 Å². The number of piperazine rings is 1. The maximum Gasteiger partial charge on any atom is 0.253 e. The molecule has 0 radical (unpaired) electrons. The SMILES string of the molecule is CC[C@@H](C)CNC(=O)[C@@H](C1CCCC1)N1CCN(C(=O)c2ccc(Cl)c(Cl)c2)CC1. The fraction of sp³-hybridized carbons (Fsp3) is 0.652. The van der Waals surface area contributed by atoms with Crippen LogP contribution in [0.15, 0.2) is 18.2 Å². The lowest BCUT2D eigenvalue weighted by Gasteiger charge is -2.41. The van der Waals surface area contributed by atoms with Gasteiger partial charge in [0.2, 0.25) is 5.91 Å². The van der Waals surface area contributed by atoms with Crippen molar-refractivity contribution in [3.8, 4) is 0 Å². The first kappa shape index (κ1) is 23.4. The number of benzene rings is 1. The molecular weight excluding hydrogens is 421 g/mol. The van der Waals surface area contributed by atoms with Gasteiger partial charge in [-0.3, -0.25) is 14.5 Å². The lowest BCUT2D eigenvalue weighted by molar-refractivity contribution is -0.129. The summed E-state index contributed by atoms with van der Waals surface area (Å²) in [5.41, 5.74) is 0.552. The van der Waals surface area contributed by atoms with E-state index in [0.717, 1.165) is 25.8 Å². The molecule has 166 valence electrons.